The topological polar surface area (TPSA) is 70.1 Å². The Morgan fingerprint density at radius 3 is 2.48 bits per heavy atom. The van der Waals surface area contributed by atoms with Crippen LogP contribution in [0, 0.1) is 11.8 Å². The first-order valence-corrected chi connectivity index (χ1v) is 17.2. The highest BCUT2D eigenvalue weighted by Crippen LogP contribution is 2.63. The van der Waals surface area contributed by atoms with E-state index >= 15 is 0 Å². The molecule has 4 aliphatic rings. The van der Waals surface area contributed by atoms with Crippen LogP contribution in [-0.2, 0) is 27.6 Å². The number of sulfonamides is 1. The highest BCUT2D eigenvalue weighted by atomic mass is 32.2. The molecule has 2 aliphatic carbocycles. The number of nitrogens with zero attached hydrogens (tertiary/aromatic N) is 2. The van der Waals surface area contributed by atoms with Crippen LogP contribution in [0.1, 0.15) is 61.5 Å². The van der Waals surface area contributed by atoms with Gasteiger partial charge in [-0.3, -0.25) is 4.90 Å². The molecule has 0 radical (unpaired) electrons. The Hall–Kier alpha value is -2.71. The summed E-state index contributed by atoms with van der Waals surface area (Å²) in [6.07, 6.45) is 2.85. The number of benzene rings is 3. The monoisotopic (exact) mass is 586 g/mol. The second kappa shape index (κ2) is 10.8. The van der Waals surface area contributed by atoms with Crippen LogP contribution in [0.3, 0.4) is 0 Å². The van der Waals surface area contributed by atoms with Crippen molar-refractivity contribution in [2.24, 2.45) is 11.8 Å². The fourth-order valence-electron chi connectivity index (χ4n) is 8.78. The van der Waals surface area contributed by atoms with E-state index in [1.807, 2.05) is 65.0 Å². The molecular formula is C35H42N2O4S. The van der Waals surface area contributed by atoms with Gasteiger partial charge in [-0.05, 0) is 66.8 Å². The maximum absolute atomic E-state index is 14.2. The van der Waals surface area contributed by atoms with Gasteiger partial charge in [-0.25, -0.2) is 8.42 Å². The van der Waals surface area contributed by atoms with Gasteiger partial charge in [-0.15, -0.1) is 0 Å². The largest absolute Gasteiger partial charge is 0.487 e. The molecule has 1 spiro atoms. The maximum Gasteiger partial charge on any atom is 0.218 e. The minimum absolute atomic E-state index is 0.00614. The summed E-state index contributed by atoms with van der Waals surface area (Å²) in [4.78, 5) is 2.51. The van der Waals surface area contributed by atoms with Gasteiger partial charge in [-0.1, -0.05) is 86.6 Å². The third kappa shape index (κ3) is 4.60. The second-order valence-electron chi connectivity index (χ2n) is 13.3. The smallest absolute Gasteiger partial charge is 0.218 e. The number of piperidine rings is 1. The Morgan fingerprint density at radius 1 is 1.00 bits per heavy atom. The number of rotatable bonds is 9. The Morgan fingerprint density at radius 2 is 1.74 bits per heavy atom. The van der Waals surface area contributed by atoms with Gasteiger partial charge in [0.15, 0.2) is 0 Å². The van der Waals surface area contributed by atoms with Gasteiger partial charge in [-0.2, -0.15) is 4.31 Å². The first kappa shape index (κ1) is 28.1. The van der Waals surface area contributed by atoms with Crippen LogP contribution in [-0.4, -0.2) is 60.6 Å². The minimum atomic E-state index is -3.58. The summed E-state index contributed by atoms with van der Waals surface area (Å²) in [5, 5.41) is 11.2. The first-order valence-electron chi connectivity index (χ1n) is 15.6. The zero-order chi connectivity index (χ0) is 29.1. The lowest BCUT2D eigenvalue weighted by Gasteiger charge is -2.60. The fraction of sp³-hybridized carbons (Fsp3) is 0.486. The van der Waals surface area contributed by atoms with Crippen molar-refractivity contribution in [3.05, 3.63) is 101 Å². The number of aliphatic hydroxyl groups excluding tert-OH is 1. The zero-order valence-corrected chi connectivity index (χ0v) is 25.4. The summed E-state index contributed by atoms with van der Waals surface area (Å²) >= 11 is 0. The fourth-order valence-corrected chi connectivity index (χ4v) is 10.7. The molecule has 6 nitrogen and oxygen atoms in total. The van der Waals surface area contributed by atoms with Gasteiger partial charge >= 0.3 is 0 Å². The number of likely N-dealkylation sites (tertiary alicyclic amines) is 1. The van der Waals surface area contributed by atoms with Gasteiger partial charge in [0.05, 0.1) is 17.9 Å². The third-order valence-corrected chi connectivity index (χ3v) is 12.2. The first-order chi connectivity index (χ1) is 20.3. The summed E-state index contributed by atoms with van der Waals surface area (Å²) in [6.45, 7) is 6.17. The van der Waals surface area contributed by atoms with E-state index in [4.69, 9.17) is 4.74 Å². The number of aliphatic hydroxyl groups is 1. The van der Waals surface area contributed by atoms with E-state index in [9.17, 15) is 13.5 Å². The van der Waals surface area contributed by atoms with E-state index in [0.717, 1.165) is 49.1 Å². The second-order valence-corrected chi connectivity index (χ2v) is 15.2. The average molecular weight is 587 g/mol. The van der Waals surface area contributed by atoms with Crippen molar-refractivity contribution in [1.29, 1.82) is 0 Å². The lowest BCUT2D eigenvalue weighted by atomic mass is 9.51. The third-order valence-electron chi connectivity index (χ3n) is 10.4. The molecule has 2 fully saturated rings. The molecule has 1 N–H and O–H groups in total. The molecule has 7 heteroatoms. The highest BCUT2D eigenvalue weighted by molar-refractivity contribution is 7.88. The summed E-state index contributed by atoms with van der Waals surface area (Å²) in [7, 11) is -3.58. The van der Waals surface area contributed by atoms with E-state index in [2.05, 4.69) is 36.9 Å². The number of β-amino-alcohol motifs (C(OH)–C–C–N with tert-alkyl or cyclic N) is 1. The predicted molar refractivity (Wildman–Crippen MR) is 165 cm³/mol. The van der Waals surface area contributed by atoms with Crippen molar-refractivity contribution in [3.8, 4) is 5.75 Å². The van der Waals surface area contributed by atoms with E-state index < -0.39 is 16.1 Å². The van der Waals surface area contributed by atoms with E-state index in [1.54, 1.807) is 0 Å². The standard InChI is InChI=1S/C35H42N2O4S/c1-24(2)21-37(42(39,40)23-25-10-5-3-6-11-25)29-17-16-28-30-20-27-14-9-15-32-33(27)35(28,34(29)41-32)18-19-36(30)22-31(38)26-12-7-4-8-13-26/h3-15,24,28-31,34,38H,16-23H2,1-2H3/t28-,29+,30+,31?,34-,35-/m0/s1. The Kier molecular flexibility index (Phi) is 7.21. The molecule has 6 atom stereocenters. The molecule has 222 valence electrons. The van der Waals surface area contributed by atoms with Gasteiger partial charge in [0.25, 0.3) is 0 Å². The van der Waals surface area contributed by atoms with Crippen molar-refractivity contribution in [3.63, 3.8) is 0 Å². The van der Waals surface area contributed by atoms with Crippen LogP contribution < -0.4 is 4.74 Å². The summed E-state index contributed by atoms with van der Waals surface area (Å²) in [5.41, 5.74) is 4.24. The molecule has 2 heterocycles. The van der Waals surface area contributed by atoms with Gasteiger partial charge in [0, 0.05) is 30.1 Å². The summed E-state index contributed by atoms with van der Waals surface area (Å²) in [6, 6.07) is 26.0. The van der Waals surface area contributed by atoms with E-state index in [-0.39, 0.29) is 29.2 Å². The van der Waals surface area contributed by atoms with Crippen LogP contribution in [0.15, 0.2) is 78.9 Å². The molecule has 3 aromatic rings. The van der Waals surface area contributed by atoms with Crippen molar-refractivity contribution in [2.75, 3.05) is 19.6 Å². The Balaban J connectivity index is 1.24. The van der Waals surface area contributed by atoms with Crippen molar-refractivity contribution >= 4 is 10.0 Å². The molecule has 2 bridgehead atoms. The lowest BCUT2D eigenvalue weighted by molar-refractivity contribution is -0.0848. The van der Waals surface area contributed by atoms with Gasteiger partial charge < -0.3 is 9.84 Å². The highest BCUT2D eigenvalue weighted by Gasteiger charge is 2.66. The minimum Gasteiger partial charge on any atom is -0.487 e. The molecule has 1 saturated carbocycles. The molecule has 2 aliphatic heterocycles. The molecular weight excluding hydrogens is 544 g/mol. The summed E-state index contributed by atoms with van der Waals surface area (Å²) < 4.78 is 37.1. The number of hydrogen-bond donors (Lipinski definition) is 1. The molecule has 0 aromatic heterocycles. The zero-order valence-electron chi connectivity index (χ0n) is 24.6. The quantitative estimate of drug-likeness (QED) is 0.368. The number of hydrogen-bond acceptors (Lipinski definition) is 5. The van der Waals surface area contributed by atoms with Crippen LogP contribution >= 0.6 is 0 Å². The summed E-state index contributed by atoms with van der Waals surface area (Å²) in [5.74, 6) is 1.53. The van der Waals surface area contributed by atoms with Gasteiger partial charge in [0.1, 0.15) is 11.9 Å². The molecule has 42 heavy (non-hydrogen) atoms. The Bertz CT molecular complexity index is 1530. The van der Waals surface area contributed by atoms with E-state index in [1.165, 1.54) is 11.1 Å². The Labute approximate surface area is 250 Å². The van der Waals surface area contributed by atoms with Crippen LogP contribution in [0.2, 0.25) is 0 Å². The normalized spacial score (nSPS) is 28.9. The van der Waals surface area contributed by atoms with Crippen molar-refractivity contribution < 1.29 is 18.3 Å². The van der Waals surface area contributed by atoms with Crippen LogP contribution in [0.25, 0.3) is 0 Å². The maximum atomic E-state index is 14.2. The molecule has 0 amide bonds. The number of ether oxygens (including phenoxy) is 1. The van der Waals surface area contributed by atoms with Crippen molar-refractivity contribution in [1.82, 2.24) is 9.21 Å². The SMILES string of the molecule is CC(C)CN([C@@H]1CC[C@H]2[C@H]3Cc4cccc5c4[C@@]2(CCN3CC(O)c2ccccc2)[C@H]1O5)S(=O)(=O)Cc1ccccc1. The average Bonchev–Trinajstić information content (AvgIpc) is 3.32. The molecule has 7 rings (SSSR count). The predicted octanol–water partition coefficient (Wildman–Crippen LogP) is 5.32. The van der Waals surface area contributed by atoms with Crippen molar-refractivity contribution in [2.45, 2.75) is 75.0 Å². The molecule has 1 unspecified atom stereocenters. The lowest BCUT2D eigenvalue weighted by Crippen LogP contribution is -2.69. The van der Waals surface area contributed by atoms with Crippen LogP contribution in [0.4, 0.5) is 0 Å². The molecule has 3 aromatic carbocycles. The van der Waals surface area contributed by atoms with E-state index in [0.29, 0.717) is 25.0 Å². The molecule has 1 saturated heterocycles. The van der Waals surface area contributed by atoms with Crippen LogP contribution in [0.5, 0.6) is 5.75 Å². The van der Waals surface area contributed by atoms with Gasteiger partial charge in [0.2, 0.25) is 10.0 Å².